The predicted molar refractivity (Wildman–Crippen MR) is 162 cm³/mol. The lowest BCUT2D eigenvalue weighted by Gasteiger charge is -2.43. The molecule has 2 N–H and O–H groups in total. The third kappa shape index (κ3) is 7.67. The third-order valence-electron chi connectivity index (χ3n) is 7.94. The summed E-state index contributed by atoms with van der Waals surface area (Å²) in [5.74, 6) is -0.452. The first-order chi connectivity index (χ1) is 20.6. The molecule has 0 radical (unpaired) electrons. The van der Waals surface area contributed by atoms with Crippen molar-refractivity contribution in [3.05, 3.63) is 95.3 Å². The quantitative estimate of drug-likeness (QED) is 0.336. The van der Waals surface area contributed by atoms with Gasteiger partial charge in [-0.15, -0.1) is 0 Å². The minimum absolute atomic E-state index is 0.0193. The van der Waals surface area contributed by atoms with Gasteiger partial charge in [-0.1, -0.05) is 43.3 Å². The van der Waals surface area contributed by atoms with Crippen molar-refractivity contribution >= 4 is 17.6 Å². The Bertz CT molecular complexity index is 1370. The van der Waals surface area contributed by atoms with Crippen molar-refractivity contribution in [3.8, 4) is 0 Å². The standard InChI is InChI=1S/C34H41N3O6/c1-22-29(20-37-18-6-8-28(37)32(40)43-34(2,3)4)41-33(42-30(22)24-11-9-23(21-38)10-12-24)25-13-15-27(16-14-25)36-31(39)26-7-5-17-35-19-26/h5,7,9-17,19,22,28-30,33,38H,6,8,18,20-21H2,1-4H3,(H,36,39)/t22-,28-,29+,30+,33+/m0/s1. The highest BCUT2D eigenvalue weighted by Gasteiger charge is 2.42. The number of carbonyl (C=O) groups excluding carboxylic acids is 2. The smallest absolute Gasteiger partial charge is 0.323 e. The van der Waals surface area contributed by atoms with Crippen LogP contribution in [0, 0.1) is 5.92 Å². The molecule has 9 heteroatoms. The maximum Gasteiger partial charge on any atom is 0.323 e. The molecule has 2 aliphatic heterocycles. The summed E-state index contributed by atoms with van der Waals surface area (Å²) in [6.45, 7) is 9.11. The van der Waals surface area contributed by atoms with Crippen molar-refractivity contribution in [2.75, 3.05) is 18.4 Å². The van der Waals surface area contributed by atoms with E-state index < -0.39 is 11.9 Å². The van der Waals surface area contributed by atoms with Crippen LogP contribution in [0.3, 0.4) is 0 Å². The number of esters is 1. The van der Waals surface area contributed by atoms with Crippen LogP contribution in [0.5, 0.6) is 0 Å². The van der Waals surface area contributed by atoms with Gasteiger partial charge in [-0.05, 0) is 75.5 Å². The molecular formula is C34H41N3O6. The topological polar surface area (TPSA) is 110 Å². The zero-order chi connectivity index (χ0) is 30.6. The normalized spacial score (nSPS) is 24.4. The lowest BCUT2D eigenvalue weighted by Crippen LogP contribution is -2.48. The zero-order valence-electron chi connectivity index (χ0n) is 25.2. The number of nitrogens with zero attached hydrogens (tertiary/aromatic N) is 2. The van der Waals surface area contributed by atoms with E-state index in [2.05, 4.69) is 22.1 Å². The number of hydrogen-bond donors (Lipinski definition) is 2. The first kappa shape index (κ1) is 30.8. The lowest BCUT2D eigenvalue weighted by molar-refractivity contribution is -0.276. The average Bonchev–Trinajstić information content (AvgIpc) is 3.47. The number of anilines is 1. The van der Waals surface area contributed by atoms with Crippen LogP contribution >= 0.6 is 0 Å². The summed E-state index contributed by atoms with van der Waals surface area (Å²) in [6, 6.07) is 18.4. The number of carbonyl (C=O) groups is 2. The van der Waals surface area contributed by atoms with Crippen molar-refractivity contribution < 1.29 is 28.9 Å². The van der Waals surface area contributed by atoms with Crippen LogP contribution in [0.2, 0.25) is 0 Å². The zero-order valence-corrected chi connectivity index (χ0v) is 25.2. The molecule has 0 unspecified atom stereocenters. The number of amides is 1. The van der Waals surface area contributed by atoms with Crippen LogP contribution in [0.4, 0.5) is 5.69 Å². The maximum absolute atomic E-state index is 13.0. The van der Waals surface area contributed by atoms with Gasteiger partial charge in [-0.25, -0.2) is 0 Å². The third-order valence-corrected chi connectivity index (χ3v) is 7.94. The number of pyridine rings is 1. The predicted octanol–water partition coefficient (Wildman–Crippen LogP) is 5.42. The van der Waals surface area contributed by atoms with Crippen molar-refractivity contribution in [2.24, 2.45) is 5.92 Å². The lowest BCUT2D eigenvalue weighted by atomic mass is 9.90. The van der Waals surface area contributed by atoms with Gasteiger partial charge in [0.1, 0.15) is 11.6 Å². The molecule has 0 spiro atoms. The van der Waals surface area contributed by atoms with Gasteiger partial charge in [0.2, 0.25) is 0 Å². The fraction of sp³-hybridized carbons (Fsp3) is 0.441. The molecule has 2 fully saturated rings. The summed E-state index contributed by atoms with van der Waals surface area (Å²) in [5, 5.41) is 12.4. The highest BCUT2D eigenvalue weighted by molar-refractivity contribution is 6.04. The highest BCUT2D eigenvalue weighted by Crippen LogP contribution is 2.42. The number of likely N-dealkylation sites (tertiary alicyclic amines) is 1. The van der Waals surface area contributed by atoms with Gasteiger partial charge in [0, 0.05) is 36.1 Å². The minimum atomic E-state index is -0.658. The number of ether oxygens (including phenoxy) is 3. The summed E-state index contributed by atoms with van der Waals surface area (Å²) in [6.07, 6.45) is 3.67. The molecule has 1 aromatic heterocycles. The minimum Gasteiger partial charge on any atom is -0.459 e. The van der Waals surface area contributed by atoms with Crippen LogP contribution in [-0.2, 0) is 25.6 Å². The SMILES string of the molecule is C[C@H]1[C@@H](CN2CCC[C@H]2C(=O)OC(C)(C)C)O[C@@H](c2ccc(NC(=O)c3cccnc3)cc2)O[C@H]1c1ccc(CO)cc1. The van der Waals surface area contributed by atoms with Crippen LogP contribution < -0.4 is 5.32 Å². The van der Waals surface area contributed by atoms with Crippen LogP contribution in [0.25, 0.3) is 0 Å². The van der Waals surface area contributed by atoms with Crippen molar-refractivity contribution in [1.29, 1.82) is 0 Å². The Labute approximate surface area is 253 Å². The fourth-order valence-corrected chi connectivity index (χ4v) is 5.66. The highest BCUT2D eigenvalue weighted by atomic mass is 16.7. The van der Waals surface area contributed by atoms with E-state index >= 15 is 0 Å². The first-order valence-electron chi connectivity index (χ1n) is 14.9. The van der Waals surface area contributed by atoms with E-state index in [4.69, 9.17) is 14.2 Å². The fourth-order valence-electron chi connectivity index (χ4n) is 5.66. The Balaban J connectivity index is 1.35. The number of aliphatic hydroxyl groups excluding tert-OH is 1. The van der Waals surface area contributed by atoms with Gasteiger partial charge in [-0.2, -0.15) is 0 Å². The molecule has 3 aromatic rings. The molecule has 0 aliphatic carbocycles. The van der Waals surface area contributed by atoms with E-state index in [0.717, 1.165) is 36.1 Å². The van der Waals surface area contributed by atoms with Gasteiger partial charge in [0.25, 0.3) is 5.91 Å². The molecule has 0 bridgehead atoms. The number of aromatic nitrogens is 1. The van der Waals surface area contributed by atoms with Crippen LogP contribution in [0.1, 0.15) is 80.0 Å². The van der Waals surface area contributed by atoms with Crippen molar-refractivity contribution in [2.45, 2.75) is 77.3 Å². The Kier molecular flexibility index (Phi) is 9.56. The maximum atomic E-state index is 13.0. The molecule has 2 aromatic carbocycles. The summed E-state index contributed by atoms with van der Waals surface area (Å²) < 4.78 is 18.9. The number of hydrogen-bond acceptors (Lipinski definition) is 8. The Morgan fingerprint density at radius 2 is 1.77 bits per heavy atom. The molecule has 43 heavy (non-hydrogen) atoms. The molecular weight excluding hydrogens is 546 g/mol. The second-order valence-corrected chi connectivity index (χ2v) is 12.3. The van der Waals surface area contributed by atoms with Gasteiger partial charge in [0.05, 0.1) is 24.4 Å². The summed E-state index contributed by atoms with van der Waals surface area (Å²) in [7, 11) is 0. The molecule has 228 valence electrons. The van der Waals surface area contributed by atoms with E-state index in [0.29, 0.717) is 17.8 Å². The molecule has 1 amide bonds. The van der Waals surface area contributed by atoms with Gasteiger partial charge < -0.3 is 24.6 Å². The summed E-state index contributed by atoms with van der Waals surface area (Å²) >= 11 is 0. The second-order valence-electron chi connectivity index (χ2n) is 12.3. The Morgan fingerprint density at radius 3 is 2.42 bits per heavy atom. The molecule has 3 heterocycles. The Morgan fingerprint density at radius 1 is 1.05 bits per heavy atom. The van der Waals surface area contributed by atoms with E-state index in [1.165, 1.54) is 6.20 Å². The van der Waals surface area contributed by atoms with Gasteiger partial charge in [0.15, 0.2) is 6.29 Å². The molecule has 5 atom stereocenters. The molecule has 2 aliphatic rings. The van der Waals surface area contributed by atoms with Gasteiger partial charge >= 0.3 is 5.97 Å². The Hall–Kier alpha value is -3.63. The van der Waals surface area contributed by atoms with E-state index in [1.54, 1.807) is 18.3 Å². The summed E-state index contributed by atoms with van der Waals surface area (Å²) in [4.78, 5) is 31.8. The summed E-state index contributed by atoms with van der Waals surface area (Å²) in [5.41, 5.74) is 3.22. The molecule has 9 nitrogen and oxygen atoms in total. The van der Waals surface area contributed by atoms with Crippen LogP contribution in [0.15, 0.2) is 73.1 Å². The first-order valence-corrected chi connectivity index (χ1v) is 14.9. The number of aliphatic hydroxyl groups is 1. The van der Waals surface area contributed by atoms with Gasteiger partial charge in [-0.3, -0.25) is 19.5 Å². The average molecular weight is 588 g/mol. The number of nitrogens with one attached hydrogen (secondary N) is 1. The molecule has 2 saturated heterocycles. The molecule has 5 rings (SSSR count). The van der Waals surface area contributed by atoms with Crippen molar-refractivity contribution in [3.63, 3.8) is 0 Å². The second kappa shape index (κ2) is 13.3. The van der Waals surface area contributed by atoms with E-state index in [9.17, 15) is 14.7 Å². The molecule has 0 saturated carbocycles. The number of rotatable bonds is 8. The van der Waals surface area contributed by atoms with E-state index in [-0.39, 0.29) is 42.7 Å². The van der Waals surface area contributed by atoms with E-state index in [1.807, 2.05) is 69.3 Å². The van der Waals surface area contributed by atoms with Crippen LogP contribution in [-0.4, -0.2) is 57.7 Å². The number of benzene rings is 2. The van der Waals surface area contributed by atoms with Crippen molar-refractivity contribution in [1.82, 2.24) is 9.88 Å². The largest absolute Gasteiger partial charge is 0.459 e. The monoisotopic (exact) mass is 587 g/mol.